The van der Waals surface area contributed by atoms with Crippen molar-refractivity contribution in [2.75, 3.05) is 20.3 Å². The molecule has 0 spiro atoms. The number of imide groups is 1. The number of rotatable bonds is 2. The van der Waals surface area contributed by atoms with Gasteiger partial charge in [0.2, 0.25) is 5.91 Å². The van der Waals surface area contributed by atoms with E-state index in [2.05, 4.69) is 10.6 Å². The third-order valence-electron chi connectivity index (χ3n) is 3.22. The standard InChI is InChI=1S/C11H17N3O4/c1-14-9(15)3-2-8(10(14)16)13-11(17)12-7-4-5-18-6-7/h7-8H,2-6H2,1H3,(H2,12,13,17). The van der Waals surface area contributed by atoms with Crippen LogP contribution in [0.15, 0.2) is 0 Å². The molecule has 2 heterocycles. The fourth-order valence-electron chi connectivity index (χ4n) is 2.08. The number of likely N-dealkylation sites (N-methyl/N-ethyl adjacent to an activating group) is 1. The number of nitrogens with zero attached hydrogens (tertiary/aromatic N) is 1. The maximum Gasteiger partial charge on any atom is 0.315 e. The predicted molar refractivity (Wildman–Crippen MR) is 61.7 cm³/mol. The summed E-state index contributed by atoms with van der Waals surface area (Å²) in [6, 6.07) is -0.996. The Morgan fingerprint density at radius 2 is 2.11 bits per heavy atom. The zero-order valence-electron chi connectivity index (χ0n) is 10.3. The number of nitrogens with one attached hydrogen (secondary N) is 2. The molecule has 2 aliphatic heterocycles. The molecule has 0 saturated carbocycles. The Morgan fingerprint density at radius 3 is 2.78 bits per heavy atom. The lowest BCUT2D eigenvalue weighted by Gasteiger charge is -2.28. The van der Waals surface area contributed by atoms with Crippen LogP contribution in [0.2, 0.25) is 0 Å². The van der Waals surface area contributed by atoms with E-state index < -0.39 is 6.04 Å². The van der Waals surface area contributed by atoms with E-state index in [0.717, 1.165) is 11.3 Å². The zero-order chi connectivity index (χ0) is 13.1. The van der Waals surface area contributed by atoms with E-state index in [-0.39, 0.29) is 30.3 Å². The molecule has 100 valence electrons. The molecular formula is C11H17N3O4. The van der Waals surface area contributed by atoms with Crippen molar-refractivity contribution >= 4 is 17.8 Å². The number of hydrogen-bond donors (Lipinski definition) is 2. The summed E-state index contributed by atoms with van der Waals surface area (Å²) in [7, 11) is 1.43. The zero-order valence-corrected chi connectivity index (χ0v) is 10.3. The summed E-state index contributed by atoms with van der Waals surface area (Å²) in [6.45, 7) is 1.15. The van der Waals surface area contributed by atoms with E-state index in [1.54, 1.807) is 0 Å². The Bertz CT molecular complexity index is 365. The van der Waals surface area contributed by atoms with Gasteiger partial charge >= 0.3 is 6.03 Å². The molecule has 4 amide bonds. The van der Waals surface area contributed by atoms with Crippen molar-refractivity contribution in [3.63, 3.8) is 0 Å². The van der Waals surface area contributed by atoms with Gasteiger partial charge in [-0.2, -0.15) is 0 Å². The number of piperidine rings is 1. The smallest absolute Gasteiger partial charge is 0.315 e. The summed E-state index contributed by atoms with van der Waals surface area (Å²) in [5.74, 6) is -0.563. The molecule has 18 heavy (non-hydrogen) atoms. The first-order chi connectivity index (χ1) is 8.58. The molecule has 7 nitrogen and oxygen atoms in total. The van der Waals surface area contributed by atoms with E-state index in [1.165, 1.54) is 7.05 Å². The van der Waals surface area contributed by atoms with Gasteiger partial charge in [0.1, 0.15) is 6.04 Å². The first-order valence-corrected chi connectivity index (χ1v) is 6.03. The number of likely N-dealkylation sites (tertiary alicyclic amines) is 1. The number of hydrogen-bond acceptors (Lipinski definition) is 4. The van der Waals surface area contributed by atoms with Crippen LogP contribution in [0.1, 0.15) is 19.3 Å². The molecule has 2 aliphatic rings. The SMILES string of the molecule is CN1C(=O)CCC(NC(=O)NC2CCOC2)C1=O. The second-order valence-electron chi connectivity index (χ2n) is 4.56. The predicted octanol–water partition coefficient (Wildman–Crippen LogP) is -0.778. The number of urea groups is 1. The molecule has 0 aliphatic carbocycles. The van der Waals surface area contributed by atoms with Gasteiger partial charge in [-0.1, -0.05) is 0 Å². The quantitative estimate of drug-likeness (QED) is 0.634. The van der Waals surface area contributed by atoms with Gasteiger partial charge in [-0.3, -0.25) is 14.5 Å². The molecule has 2 saturated heterocycles. The van der Waals surface area contributed by atoms with E-state index in [4.69, 9.17) is 4.74 Å². The van der Waals surface area contributed by atoms with E-state index in [9.17, 15) is 14.4 Å². The van der Waals surface area contributed by atoms with Crippen LogP contribution in [0.4, 0.5) is 4.79 Å². The molecular weight excluding hydrogens is 238 g/mol. The van der Waals surface area contributed by atoms with Gasteiger partial charge in [0, 0.05) is 20.1 Å². The van der Waals surface area contributed by atoms with E-state index in [0.29, 0.717) is 19.6 Å². The van der Waals surface area contributed by atoms with Crippen LogP contribution < -0.4 is 10.6 Å². The highest BCUT2D eigenvalue weighted by Gasteiger charge is 2.33. The Labute approximate surface area is 105 Å². The van der Waals surface area contributed by atoms with Crippen LogP contribution in [0.3, 0.4) is 0 Å². The average molecular weight is 255 g/mol. The van der Waals surface area contributed by atoms with Crippen molar-refractivity contribution in [3.05, 3.63) is 0 Å². The average Bonchev–Trinajstić information content (AvgIpc) is 2.83. The van der Waals surface area contributed by atoms with Crippen LogP contribution in [0.5, 0.6) is 0 Å². The minimum Gasteiger partial charge on any atom is -0.379 e. The van der Waals surface area contributed by atoms with Gasteiger partial charge < -0.3 is 15.4 Å². The van der Waals surface area contributed by atoms with Crippen molar-refractivity contribution in [1.82, 2.24) is 15.5 Å². The Kier molecular flexibility index (Phi) is 3.81. The molecule has 2 N–H and O–H groups in total. The highest BCUT2D eigenvalue weighted by atomic mass is 16.5. The highest BCUT2D eigenvalue weighted by molar-refractivity contribution is 6.01. The molecule has 2 fully saturated rings. The summed E-state index contributed by atoms with van der Waals surface area (Å²) in [6.07, 6.45) is 1.42. The first kappa shape index (κ1) is 12.8. The minimum atomic E-state index is -0.616. The highest BCUT2D eigenvalue weighted by Crippen LogP contribution is 2.11. The largest absolute Gasteiger partial charge is 0.379 e. The lowest BCUT2D eigenvalue weighted by molar-refractivity contribution is -0.147. The Morgan fingerprint density at radius 1 is 1.33 bits per heavy atom. The fourth-order valence-corrected chi connectivity index (χ4v) is 2.08. The Hall–Kier alpha value is -1.63. The van der Waals surface area contributed by atoms with Crippen LogP contribution >= 0.6 is 0 Å². The maximum atomic E-state index is 11.7. The monoisotopic (exact) mass is 255 g/mol. The molecule has 0 aromatic heterocycles. The van der Waals surface area contributed by atoms with Gasteiger partial charge in [-0.15, -0.1) is 0 Å². The minimum absolute atomic E-state index is 0.00283. The third kappa shape index (κ3) is 2.79. The van der Waals surface area contributed by atoms with Crippen LogP contribution in [0.25, 0.3) is 0 Å². The molecule has 2 unspecified atom stereocenters. The van der Waals surface area contributed by atoms with Crippen molar-refractivity contribution in [1.29, 1.82) is 0 Å². The fraction of sp³-hybridized carbons (Fsp3) is 0.727. The van der Waals surface area contributed by atoms with Gasteiger partial charge in [0.25, 0.3) is 5.91 Å². The lowest BCUT2D eigenvalue weighted by atomic mass is 10.1. The van der Waals surface area contributed by atoms with Crippen molar-refractivity contribution in [2.45, 2.75) is 31.3 Å². The topological polar surface area (TPSA) is 87.7 Å². The number of ether oxygens (including phenoxy) is 1. The number of carbonyl (C=O) groups is 3. The second kappa shape index (κ2) is 5.34. The molecule has 0 aromatic carbocycles. The van der Waals surface area contributed by atoms with Gasteiger partial charge in [-0.05, 0) is 12.8 Å². The van der Waals surface area contributed by atoms with Crippen LogP contribution in [-0.2, 0) is 14.3 Å². The van der Waals surface area contributed by atoms with Crippen molar-refractivity contribution in [2.24, 2.45) is 0 Å². The van der Waals surface area contributed by atoms with E-state index in [1.807, 2.05) is 0 Å². The second-order valence-corrected chi connectivity index (χ2v) is 4.56. The first-order valence-electron chi connectivity index (χ1n) is 6.03. The van der Waals surface area contributed by atoms with Gasteiger partial charge in [0.15, 0.2) is 0 Å². The van der Waals surface area contributed by atoms with Crippen molar-refractivity contribution in [3.8, 4) is 0 Å². The molecule has 2 rings (SSSR count). The van der Waals surface area contributed by atoms with Crippen LogP contribution in [0, 0.1) is 0 Å². The van der Waals surface area contributed by atoms with E-state index >= 15 is 0 Å². The number of carbonyl (C=O) groups excluding carboxylic acids is 3. The molecule has 0 radical (unpaired) electrons. The van der Waals surface area contributed by atoms with Crippen LogP contribution in [-0.4, -0.2) is 55.1 Å². The van der Waals surface area contributed by atoms with Crippen molar-refractivity contribution < 1.29 is 19.1 Å². The van der Waals surface area contributed by atoms with Gasteiger partial charge in [0.05, 0.1) is 12.6 Å². The normalized spacial score (nSPS) is 28.4. The molecule has 2 atom stereocenters. The summed E-state index contributed by atoms with van der Waals surface area (Å²) in [4.78, 5) is 35.8. The third-order valence-corrected chi connectivity index (χ3v) is 3.22. The number of amides is 4. The summed E-state index contributed by atoms with van der Waals surface area (Å²) < 4.78 is 5.14. The lowest BCUT2D eigenvalue weighted by Crippen LogP contribution is -2.55. The maximum absolute atomic E-state index is 11.7. The summed E-state index contributed by atoms with van der Waals surface area (Å²) in [5.41, 5.74) is 0. The molecule has 0 bridgehead atoms. The Balaban J connectivity index is 1.83. The molecule has 7 heteroatoms. The van der Waals surface area contributed by atoms with Gasteiger partial charge in [-0.25, -0.2) is 4.79 Å². The summed E-state index contributed by atoms with van der Waals surface area (Å²) in [5, 5.41) is 5.34. The molecule has 0 aromatic rings. The summed E-state index contributed by atoms with van der Waals surface area (Å²) >= 11 is 0.